The van der Waals surface area contributed by atoms with E-state index in [1.54, 1.807) is 48.5 Å². The van der Waals surface area contributed by atoms with Crippen molar-refractivity contribution in [3.63, 3.8) is 0 Å². The molecule has 0 amide bonds. The lowest BCUT2D eigenvalue weighted by atomic mass is 10.1. The van der Waals surface area contributed by atoms with E-state index in [1.165, 1.54) is 6.92 Å². The van der Waals surface area contributed by atoms with Gasteiger partial charge in [-0.2, -0.15) is 0 Å². The second-order valence-electron chi connectivity index (χ2n) is 10.2. The second kappa shape index (κ2) is 14.1. The van der Waals surface area contributed by atoms with Crippen molar-refractivity contribution in [2.24, 2.45) is 5.11 Å². The number of rotatable bonds is 12. The Labute approximate surface area is 260 Å². The Morgan fingerprint density at radius 3 is 2.59 bits per heavy atom. The van der Waals surface area contributed by atoms with E-state index in [-0.39, 0.29) is 12.4 Å². The van der Waals surface area contributed by atoms with Gasteiger partial charge in [0.2, 0.25) is 5.72 Å². The molecule has 1 aliphatic heterocycles. The van der Waals surface area contributed by atoms with Gasteiger partial charge in [-0.3, -0.25) is 23.7 Å². The van der Waals surface area contributed by atoms with Gasteiger partial charge in [0, 0.05) is 22.6 Å². The van der Waals surface area contributed by atoms with Crippen molar-refractivity contribution >= 4 is 24.9 Å². The molecule has 3 aromatic carbocycles. The molecule has 2 unspecified atom stereocenters. The summed E-state index contributed by atoms with van der Waals surface area (Å²) in [6.45, 7) is 0.400. The SMILES string of the molecule is CC(C(=O)OCc1ccccc1)N(Oc1cccc2ccccc12)[PH](=O)OC[C@@]1(N=[N+]=[N-])O[C@@H](n2ccc(=O)[nH]c2=O)[C@H](O)[C@@H]1O. The van der Waals surface area contributed by atoms with Crippen LogP contribution >= 0.6 is 8.18 Å². The van der Waals surface area contributed by atoms with E-state index in [0.29, 0.717) is 10.9 Å². The number of nitrogens with zero attached hydrogens (tertiary/aromatic N) is 5. The molecular formula is C29H29N6O10P. The summed E-state index contributed by atoms with van der Waals surface area (Å²) in [4.78, 5) is 48.5. The number of hydrogen-bond donors (Lipinski definition) is 3. The minimum absolute atomic E-state index is 0.0721. The zero-order chi connectivity index (χ0) is 32.8. The molecule has 1 fully saturated rings. The Balaban J connectivity index is 1.40. The van der Waals surface area contributed by atoms with Gasteiger partial charge < -0.3 is 29.0 Å². The zero-order valence-corrected chi connectivity index (χ0v) is 25.2. The fourth-order valence-corrected chi connectivity index (χ4v) is 5.81. The molecule has 3 N–H and O–H groups in total. The Kier molecular flexibility index (Phi) is 9.99. The number of aliphatic hydroxyl groups excluding tert-OH is 2. The second-order valence-corrected chi connectivity index (χ2v) is 11.5. The summed E-state index contributed by atoms with van der Waals surface area (Å²) < 4.78 is 31.2. The number of azide groups is 1. The Hall–Kier alpha value is -4.79. The first-order valence-corrected chi connectivity index (χ1v) is 15.1. The van der Waals surface area contributed by atoms with E-state index < -0.39 is 62.2 Å². The quantitative estimate of drug-likeness (QED) is 0.0505. The smallest absolute Gasteiger partial charge is 0.330 e. The van der Waals surface area contributed by atoms with E-state index >= 15 is 0 Å². The van der Waals surface area contributed by atoms with Crippen LogP contribution in [-0.4, -0.2) is 61.1 Å². The lowest BCUT2D eigenvalue weighted by molar-refractivity contribution is -0.157. The number of carbonyl (C=O) groups is 1. The number of esters is 1. The van der Waals surface area contributed by atoms with Crippen molar-refractivity contribution in [1.82, 2.24) is 14.4 Å². The molecule has 5 rings (SSSR count). The molecule has 1 saturated heterocycles. The van der Waals surface area contributed by atoms with Crippen molar-refractivity contribution in [1.29, 1.82) is 0 Å². The highest BCUT2D eigenvalue weighted by Crippen LogP contribution is 2.42. The molecule has 0 saturated carbocycles. The first-order valence-electron chi connectivity index (χ1n) is 13.9. The predicted octanol–water partition coefficient (Wildman–Crippen LogP) is 2.78. The maximum Gasteiger partial charge on any atom is 0.330 e. The highest BCUT2D eigenvalue weighted by atomic mass is 31.1. The maximum atomic E-state index is 13.8. The summed E-state index contributed by atoms with van der Waals surface area (Å²) in [5, 5.41) is 26.5. The molecule has 240 valence electrons. The van der Waals surface area contributed by atoms with Gasteiger partial charge in [-0.15, -0.1) is 0 Å². The summed E-state index contributed by atoms with van der Waals surface area (Å²) in [7, 11) is -3.61. The molecule has 0 bridgehead atoms. The molecule has 17 heteroatoms. The van der Waals surface area contributed by atoms with Gasteiger partial charge in [0.25, 0.3) is 13.7 Å². The monoisotopic (exact) mass is 652 g/mol. The minimum atomic E-state index is -3.61. The molecule has 4 aromatic rings. The van der Waals surface area contributed by atoms with Crippen LogP contribution in [0.4, 0.5) is 0 Å². The number of fused-ring (bicyclic) bond motifs is 1. The van der Waals surface area contributed by atoms with Gasteiger partial charge in [-0.25, -0.2) is 4.79 Å². The predicted molar refractivity (Wildman–Crippen MR) is 162 cm³/mol. The highest BCUT2D eigenvalue weighted by molar-refractivity contribution is 7.36. The summed E-state index contributed by atoms with van der Waals surface area (Å²) in [6.07, 6.45) is -4.46. The fraction of sp³-hybridized carbons (Fsp3) is 0.276. The van der Waals surface area contributed by atoms with E-state index in [2.05, 4.69) is 10.0 Å². The van der Waals surface area contributed by atoms with Gasteiger partial charge in [0.15, 0.2) is 12.0 Å². The van der Waals surface area contributed by atoms with Gasteiger partial charge >= 0.3 is 11.7 Å². The van der Waals surface area contributed by atoms with Gasteiger partial charge in [0.05, 0.1) is 6.61 Å². The first-order chi connectivity index (χ1) is 22.1. The van der Waals surface area contributed by atoms with Crippen LogP contribution in [0.2, 0.25) is 0 Å². The third-order valence-electron chi connectivity index (χ3n) is 7.19. The number of nitrogens with one attached hydrogen (secondary N) is 1. The standard InChI is InChI=1S/C29H29N6O10P/c1-18(27(39)42-16-19-8-3-2-4-9-19)35(45-22-13-7-11-20-10-5-6-12-21(20)22)46(41)43-17-29(32-33-30)25(38)24(37)26(44-29)34-15-14-23(36)31-28(34)40/h2-15,18,24-26,37-38,46H,16-17H2,1H3,(H,31,36,40)/t18?,24-,25+,26-,29-/m1/s1. The van der Waals surface area contributed by atoms with Crippen molar-refractivity contribution in [3.8, 4) is 5.75 Å². The van der Waals surface area contributed by atoms with Crippen LogP contribution in [0.25, 0.3) is 21.2 Å². The number of benzene rings is 3. The summed E-state index contributed by atoms with van der Waals surface area (Å²) in [5.41, 5.74) is 5.90. The molecule has 1 aromatic heterocycles. The average Bonchev–Trinajstić information content (AvgIpc) is 3.30. The normalized spacial score (nSPS) is 22.2. The van der Waals surface area contributed by atoms with Crippen LogP contribution in [0.15, 0.2) is 99.8 Å². The number of hydrogen-bond acceptors (Lipinski definition) is 11. The molecular weight excluding hydrogens is 623 g/mol. The average molecular weight is 653 g/mol. The third kappa shape index (κ3) is 6.88. The lowest BCUT2D eigenvalue weighted by Gasteiger charge is -2.30. The van der Waals surface area contributed by atoms with Gasteiger partial charge in [-0.1, -0.05) is 76.7 Å². The lowest BCUT2D eigenvalue weighted by Crippen LogP contribution is -2.45. The van der Waals surface area contributed by atoms with Crippen LogP contribution in [0.3, 0.4) is 0 Å². The van der Waals surface area contributed by atoms with Crippen molar-refractivity contribution in [3.05, 3.63) is 122 Å². The number of H-pyrrole nitrogens is 1. The molecule has 6 atom stereocenters. The summed E-state index contributed by atoms with van der Waals surface area (Å²) in [5.74, 6) is -0.571. The van der Waals surface area contributed by atoms with Crippen LogP contribution in [0.5, 0.6) is 5.75 Å². The number of hydroxylamine groups is 1. The number of ether oxygens (including phenoxy) is 2. The number of aliphatic hydroxyl groups is 2. The summed E-state index contributed by atoms with van der Waals surface area (Å²) >= 11 is 0. The molecule has 1 aliphatic rings. The fourth-order valence-electron chi connectivity index (χ4n) is 4.76. The highest BCUT2D eigenvalue weighted by Gasteiger charge is 2.56. The Morgan fingerprint density at radius 2 is 1.85 bits per heavy atom. The zero-order valence-electron chi connectivity index (χ0n) is 24.2. The van der Waals surface area contributed by atoms with Crippen molar-refractivity contribution in [2.45, 2.75) is 43.7 Å². The molecule has 2 heterocycles. The molecule has 0 spiro atoms. The van der Waals surface area contributed by atoms with Gasteiger partial charge in [0.1, 0.15) is 24.9 Å². The molecule has 16 nitrogen and oxygen atoms in total. The minimum Gasteiger partial charge on any atom is -0.460 e. The number of aromatic nitrogens is 2. The maximum absolute atomic E-state index is 13.8. The molecule has 0 radical (unpaired) electrons. The van der Waals surface area contributed by atoms with Gasteiger partial charge in [-0.05, 0) is 29.5 Å². The van der Waals surface area contributed by atoms with Crippen molar-refractivity contribution < 1.29 is 38.4 Å². The molecule has 0 aliphatic carbocycles. The van der Waals surface area contributed by atoms with Crippen molar-refractivity contribution in [2.75, 3.05) is 6.61 Å². The van der Waals surface area contributed by atoms with E-state index in [9.17, 15) is 34.7 Å². The summed E-state index contributed by atoms with van der Waals surface area (Å²) in [6, 6.07) is 20.9. The largest absolute Gasteiger partial charge is 0.460 e. The molecule has 46 heavy (non-hydrogen) atoms. The Morgan fingerprint density at radius 1 is 1.13 bits per heavy atom. The van der Waals surface area contributed by atoms with E-state index in [0.717, 1.165) is 27.1 Å². The van der Waals surface area contributed by atoms with Crippen LogP contribution in [0, 0.1) is 0 Å². The topological polar surface area (TPSA) is 218 Å². The third-order valence-corrected chi connectivity index (χ3v) is 8.42. The van der Waals surface area contributed by atoms with E-state index in [4.69, 9.17) is 18.8 Å². The van der Waals surface area contributed by atoms with Crippen LogP contribution < -0.4 is 16.1 Å². The number of aromatic amines is 1. The van der Waals surface area contributed by atoms with Crippen LogP contribution in [0.1, 0.15) is 18.7 Å². The van der Waals surface area contributed by atoms with Crippen LogP contribution in [-0.2, 0) is 30.0 Å². The van der Waals surface area contributed by atoms with E-state index in [1.807, 2.05) is 29.2 Å². The first kappa shape index (κ1) is 32.6. The Bertz CT molecular complexity index is 1890. The number of carbonyl (C=O) groups excluding carboxylic acids is 1.